The van der Waals surface area contributed by atoms with Crippen molar-refractivity contribution in [2.45, 2.75) is 47.1 Å². The molecule has 0 radical (unpaired) electrons. The highest BCUT2D eigenvalue weighted by Crippen LogP contribution is 2.18. The van der Waals surface area contributed by atoms with Gasteiger partial charge in [-0.25, -0.2) is 0 Å². The van der Waals surface area contributed by atoms with Gasteiger partial charge in [-0.05, 0) is 19.8 Å². The van der Waals surface area contributed by atoms with E-state index < -0.39 is 0 Å². The maximum Gasteiger partial charge on any atom is 0.0825 e. The van der Waals surface area contributed by atoms with Gasteiger partial charge in [0.2, 0.25) is 0 Å². The second-order valence-corrected chi connectivity index (χ2v) is 3.95. The molecule has 0 unspecified atom stereocenters. The molecule has 0 saturated heterocycles. The van der Waals surface area contributed by atoms with Gasteiger partial charge >= 0.3 is 0 Å². The molecule has 0 aliphatic rings. The predicted octanol–water partition coefficient (Wildman–Crippen LogP) is 2.52. The molecule has 80 valence electrons. The number of hydrogen-bond donors (Lipinski definition) is 1. The molecule has 1 heterocycles. The van der Waals surface area contributed by atoms with Crippen LogP contribution in [0.1, 0.15) is 38.1 Å². The highest BCUT2D eigenvalue weighted by molar-refractivity contribution is 5.46. The maximum absolute atomic E-state index is 5.88. The summed E-state index contributed by atoms with van der Waals surface area (Å²) >= 11 is 0. The first-order chi connectivity index (χ1) is 6.60. The number of aromatic nitrogens is 2. The van der Waals surface area contributed by atoms with Crippen molar-refractivity contribution in [3.05, 3.63) is 11.4 Å². The molecule has 0 aromatic carbocycles. The Balaban J connectivity index is 2.81. The van der Waals surface area contributed by atoms with Crippen LogP contribution in [0.5, 0.6) is 0 Å². The van der Waals surface area contributed by atoms with Gasteiger partial charge in [0.15, 0.2) is 0 Å². The van der Waals surface area contributed by atoms with Crippen LogP contribution in [0.4, 0.5) is 5.69 Å². The summed E-state index contributed by atoms with van der Waals surface area (Å²) in [5, 5.41) is 4.44. The number of hydrogen-bond acceptors (Lipinski definition) is 2. The molecule has 0 aliphatic carbocycles. The van der Waals surface area contributed by atoms with E-state index in [4.69, 9.17) is 5.73 Å². The first-order valence-electron chi connectivity index (χ1n) is 5.39. The highest BCUT2D eigenvalue weighted by atomic mass is 15.3. The Morgan fingerprint density at radius 3 is 2.21 bits per heavy atom. The summed E-state index contributed by atoms with van der Waals surface area (Å²) in [7, 11) is 0. The van der Waals surface area contributed by atoms with E-state index in [1.807, 2.05) is 18.5 Å². The lowest BCUT2D eigenvalue weighted by molar-refractivity contribution is 0.390. The van der Waals surface area contributed by atoms with Crippen LogP contribution in [-0.4, -0.2) is 9.78 Å². The van der Waals surface area contributed by atoms with Crippen molar-refractivity contribution in [3.8, 4) is 0 Å². The van der Waals surface area contributed by atoms with Crippen molar-refractivity contribution in [1.82, 2.24) is 9.78 Å². The predicted molar refractivity (Wildman–Crippen MR) is 60.2 cm³/mol. The van der Waals surface area contributed by atoms with Crippen LogP contribution in [0.2, 0.25) is 0 Å². The first-order valence-corrected chi connectivity index (χ1v) is 5.39. The molecule has 1 aromatic heterocycles. The van der Waals surface area contributed by atoms with E-state index >= 15 is 0 Å². The molecule has 0 aliphatic heterocycles. The molecule has 0 fully saturated rings. The zero-order valence-corrected chi connectivity index (χ0v) is 9.67. The fraction of sp³-hybridized carbons (Fsp3) is 0.727. The molecule has 14 heavy (non-hydrogen) atoms. The van der Waals surface area contributed by atoms with Crippen LogP contribution in [0.15, 0.2) is 0 Å². The summed E-state index contributed by atoms with van der Waals surface area (Å²) in [5.41, 5.74) is 8.78. The summed E-state index contributed by atoms with van der Waals surface area (Å²) < 4.78 is 2.04. The quantitative estimate of drug-likeness (QED) is 0.802. The molecule has 2 N–H and O–H groups in total. The Kier molecular flexibility index (Phi) is 3.55. The number of anilines is 1. The molecular weight excluding hydrogens is 174 g/mol. The van der Waals surface area contributed by atoms with Gasteiger partial charge in [0, 0.05) is 6.54 Å². The van der Waals surface area contributed by atoms with Crippen LogP contribution in [-0.2, 0) is 6.54 Å². The Hall–Kier alpha value is -0.990. The van der Waals surface area contributed by atoms with E-state index in [-0.39, 0.29) is 0 Å². The minimum atomic E-state index is 0.715. The number of nitrogen functional groups attached to an aromatic ring is 1. The van der Waals surface area contributed by atoms with Crippen LogP contribution < -0.4 is 5.73 Å². The van der Waals surface area contributed by atoms with Crippen molar-refractivity contribution in [3.63, 3.8) is 0 Å². The van der Waals surface area contributed by atoms with Crippen LogP contribution in [0.25, 0.3) is 0 Å². The standard InChI is InChI=1S/C11H21N3/c1-5-10(6-2)7-14-9(4)11(12)8(3)13-14/h10H,5-7,12H2,1-4H3. The van der Waals surface area contributed by atoms with E-state index in [9.17, 15) is 0 Å². The second-order valence-electron chi connectivity index (χ2n) is 3.95. The first kappa shape index (κ1) is 11.1. The third-order valence-electron chi connectivity index (χ3n) is 3.02. The van der Waals surface area contributed by atoms with E-state index in [0.717, 1.165) is 23.6 Å². The molecule has 0 saturated carbocycles. The van der Waals surface area contributed by atoms with Gasteiger partial charge in [0.1, 0.15) is 0 Å². The Labute approximate surface area is 86.3 Å². The highest BCUT2D eigenvalue weighted by Gasteiger charge is 2.11. The molecule has 1 rings (SSSR count). The third kappa shape index (κ3) is 2.08. The number of nitrogens with zero attached hydrogens (tertiary/aromatic N) is 2. The number of aryl methyl sites for hydroxylation is 1. The van der Waals surface area contributed by atoms with Crippen LogP contribution in [0, 0.1) is 19.8 Å². The largest absolute Gasteiger partial charge is 0.396 e. The smallest absolute Gasteiger partial charge is 0.0825 e. The van der Waals surface area contributed by atoms with E-state index in [1.165, 1.54) is 12.8 Å². The van der Waals surface area contributed by atoms with E-state index in [1.54, 1.807) is 0 Å². The minimum absolute atomic E-state index is 0.715. The van der Waals surface area contributed by atoms with Crippen LogP contribution in [0.3, 0.4) is 0 Å². The Bertz CT molecular complexity index is 298. The summed E-state index contributed by atoms with van der Waals surface area (Å²) in [4.78, 5) is 0. The zero-order valence-electron chi connectivity index (χ0n) is 9.67. The lowest BCUT2D eigenvalue weighted by Gasteiger charge is -2.13. The molecule has 0 amide bonds. The normalized spacial score (nSPS) is 11.2. The van der Waals surface area contributed by atoms with E-state index in [0.29, 0.717) is 5.92 Å². The zero-order chi connectivity index (χ0) is 10.7. The van der Waals surface area contributed by atoms with Gasteiger partial charge in [-0.1, -0.05) is 26.7 Å². The summed E-state index contributed by atoms with van der Waals surface area (Å²) in [6.07, 6.45) is 2.41. The average Bonchev–Trinajstić information content (AvgIpc) is 2.42. The molecule has 1 aromatic rings. The third-order valence-corrected chi connectivity index (χ3v) is 3.02. The van der Waals surface area contributed by atoms with Gasteiger partial charge in [0.25, 0.3) is 0 Å². The Morgan fingerprint density at radius 1 is 1.29 bits per heavy atom. The van der Waals surface area contributed by atoms with Crippen LogP contribution >= 0.6 is 0 Å². The van der Waals surface area contributed by atoms with Crippen molar-refractivity contribution < 1.29 is 0 Å². The molecule has 3 heteroatoms. The van der Waals surface area contributed by atoms with Crippen molar-refractivity contribution in [2.75, 3.05) is 5.73 Å². The van der Waals surface area contributed by atoms with Gasteiger partial charge in [-0.15, -0.1) is 0 Å². The van der Waals surface area contributed by atoms with Gasteiger partial charge < -0.3 is 5.73 Å². The minimum Gasteiger partial charge on any atom is -0.396 e. The van der Waals surface area contributed by atoms with Gasteiger partial charge in [-0.3, -0.25) is 4.68 Å². The fourth-order valence-electron chi connectivity index (χ4n) is 1.68. The number of nitrogens with two attached hydrogens (primary N) is 1. The van der Waals surface area contributed by atoms with Crippen molar-refractivity contribution >= 4 is 5.69 Å². The maximum atomic E-state index is 5.88. The Morgan fingerprint density at radius 2 is 1.86 bits per heavy atom. The van der Waals surface area contributed by atoms with Crippen molar-refractivity contribution in [1.29, 1.82) is 0 Å². The summed E-state index contributed by atoms with van der Waals surface area (Å²) in [5.74, 6) is 0.715. The summed E-state index contributed by atoms with van der Waals surface area (Å²) in [6, 6.07) is 0. The molecule has 0 bridgehead atoms. The fourth-order valence-corrected chi connectivity index (χ4v) is 1.68. The second kappa shape index (κ2) is 4.49. The topological polar surface area (TPSA) is 43.8 Å². The number of rotatable bonds is 4. The molecule has 0 atom stereocenters. The lowest BCUT2D eigenvalue weighted by Crippen LogP contribution is -2.12. The van der Waals surface area contributed by atoms with Crippen molar-refractivity contribution in [2.24, 2.45) is 5.92 Å². The van der Waals surface area contributed by atoms with Gasteiger partial charge in [0.05, 0.1) is 17.1 Å². The summed E-state index contributed by atoms with van der Waals surface area (Å²) in [6.45, 7) is 9.45. The van der Waals surface area contributed by atoms with E-state index in [2.05, 4.69) is 18.9 Å². The average molecular weight is 195 g/mol. The van der Waals surface area contributed by atoms with Gasteiger partial charge in [-0.2, -0.15) is 5.10 Å². The monoisotopic (exact) mass is 195 g/mol. The molecular formula is C11H21N3. The molecule has 0 spiro atoms. The molecule has 3 nitrogen and oxygen atoms in total. The SMILES string of the molecule is CCC(CC)Cn1nc(C)c(N)c1C. The lowest BCUT2D eigenvalue weighted by atomic mass is 10.0.